The van der Waals surface area contributed by atoms with Crippen LogP contribution in [0.1, 0.15) is 24.5 Å². The van der Waals surface area contributed by atoms with Gasteiger partial charge < -0.3 is 9.47 Å². The van der Waals surface area contributed by atoms with E-state index >= 15 is 0 Å². The molecule has 1 aliphatic rings. The molecule has 0 aliphatic heterocycles. The third-order valence-electron chi connectivity index (χ3n) is 4.18. The highest BCUT2D eigenvalue weighted by atomic mass is 16.5. The summed E-state index contributed by atoms with van der Waals surface area (Å²) in [4.78, 5) is 0. The molecule has 0 saturated carbocycles. The molecule has 2 heteroatoms. The van der Waals surface area contributed by atoms with Gasteiger partial charge in [-0.05, 0) is 25.2 Å². The molecule has 0 spiro atoms. The minimum absolute atomic E-state index is 0.715. The maximum Gasteiger partial charge on any atom is 0.130 e. The van der Waals surface area contributed by atoms with Gasteiger partial charge in [0.2, 0.25) is 0 Å². The highest BCUT2D eigenvalue weighted by Gasteiger charge is 2.25. The maximum atomic E-state index is 5.72. The Morgan fingerprint density at radius 1 is 0.947 bits per heavy atom. The van der Waals surface area contributed by atoms with Gasteiger partial charge in [-0.3, -0.25) is 0 Å². The van der Waals surface area contributed by atoms with Crippen molar-refractivity contribution in [1.82, 2.24) is 0 Å². The molecule has 100 valence electrons. The fraction of sp³-hybridized carbons (Fsp3) is 0.412. The summed E-state index contributed by atoms with van der Waals surface area (Å²) in [5.41, 5.74) is 2.69. The number of methoxy groups -OCH3 is 2. The van der Waals surface area contributed by atoms with E-state index in [2.05, 4.69) is 31.2 Å². The lowest BCUT2D eigenvalue weighted by atomic mass is 9.82. The molecule has 0 amide bonds. The van der Waals surface area contributed by atoms with E-state index in [4.69, 9.17) is 9.47 Å². The zero-order chi connectivity index (χ0) is 13.4. The van der Waals surface area contributed by atoms with Gasteiger partial charge in [0.1, 0.15) is 11.5 Å². The summed E-state index contributed by atoms with van der Waals surface area (Å²) in [5, 5.41) is 2.32. The van der Waals surface area contributed by atoms with Gasteiger partial charge in [-0.15, -0.1) is 0 Å². The van der Waals surface area contributed by atoms with E-state index in [1.165, 1.54) is 17.5 Å². The van der Waals surface area contributed by atoms with Gasteiger partial charge in [0.25, 0.3) is 0 Å². The Morgan fingerprint density at radius 2 is 1.53 bits per heavy atom. The minimum Gasteiger partial charge on any atom is -0.496 e. The van der Waals surface area contributed by atoms with Crippen molar-refractivity contribution in [2.24, 2.45) is 5.92 Å². The number of rotatable bonds is 2. The molecule has 1 atom stereocenters. The minimum atomic E-state index is 0.715. The number of hydrogen-bond acceptors (Lipinski definition) is 2. The Kier molecular flexibility index (Phi) is 3.09. The molecular formula is C17H20O2. The predicted octanol–water partition coefficient (Wildman–Crippen LogP) is 3.98. The zero-order valence-corrected chi connectivity index (χ0v) is 11.8. The first-order chi connectivity index (χ1) is 9.26. The van der Waals surface area contributed by atoms with E-state index in [1.54, 1.807) is 14.2 Å². The van der Waals surface area contributed by atoms with Crippen LogP contribution in [0.5, 0.6) is 11.5 Å². The molecule has 1 aliphatic carbocycles. The molecular weight excluding hydrogens is 236 g/mol. The second-order valence-electron chi connectivity index (χ2n) is 5.42. The quantitative estimate of drug-likeness (QED) is 0.809. The first-order valence-corrected chi connectivity index (χ1v) is 6.90. The summed E-state index contributed by atoms with van der Waals surface area (Å²) in [6.45, 7) is 2.31. The van der Waals surface area contributed by atoms with Crippen LogP contribution < -0.4 is 9.47 Å². The topological polar surface area (TPSA) is 18.5 Å². The van der Waals surface area contributed by atoms with Crippen molar-refractivity contribution in [1.29, 1.82) is 0 Å². The van der Waals surface area contributed by atoms with Crippen LogP contribution in [0.15, 0.2) is 24.3 Å². The monoisotopic (exact) mass is 256 g/mol. The lowest BCUT2D eigenvalue weighted by molar-refractivity contribution is 0.385. The normalized spacial score (nSPS) is 18.2. The van der Waals surface area contributed by atoms with E-state index in [9.17, 15) is 0 Å². The SMILES string of the molecule is COc1c2c(c(OC)c3ccccc13)CC(C)CC2. The van der Waals surface area contributed by atoms with Gasteiger partial charge in [-0.1, -0.05) is 31.2 Å². The van der Waals surface area contributed by atoms with Gasteiger partial charge in [-0.2, -0.15) is 0 Å². The van der Waals surface area contributed by atoms with Crippen LogP contribution in [0.2, 0.25) is 0 Å². The maximum absolute atomic E-state index is 5.72. The molecule has 0 N–H and O–H groups in total. The van der Waals surface area contributed by atoms with Crippen LogP contribution in [0.25, 0.3) is 10.8 Å². The highest BCUT2D eigenvalue weighted by Crippen LogP contribution is 2.44. The number of hydrogen-bond donors (Lipinski definition) is 0. The molecule has 0 aromatic heterocycles. The van der Waals surface area contributed by atoms with Crippen LogP contribution in [0, 0.1) is 5.92 Å². The molecule has 0 bridgehead atoms. The Labute approximate surface area is 114 Å². The third kappa shape index (κ3) is 1.86. The van der Waals surface area contributed by atoms with Gasteiger partial charge in [0.05, 0.1) is 14.2 Å². The molecule has 0 radical (unpaired) electrons. The summed E-state index contributed by atoms with van der Waals surface area (Å²) in [5.74, 6) is 2.79. The first-order valence-electron chi connectivity index (χ1n) is 6.90. The third-order valence-corrected chi connectivity index (χ3v) is 4.18. The van der Waals surface area contributed by atoms with Crippen molar-refractivity contribution >= 4 is 10.8 Å². The van der Waals surface area contributed by atoms with Crippen molar-refractivity contribution < 1.29 is 9.47 Å². The molecule has 2 aromatic rings. The summed E-state index contributed by atoms with van der Waals surface area (Å²) < 4.78 is 11.4. The fourth-order valence-corrected chi connectivity index (χ4v) is 3.27. The van der Waals surface area contributed by atoms with Crippen LogP contribution >= 0.6 is 0 Å². The molecule has 0 fully saturated rings. The van der Waals surface area contributed by atoms with Crippen molar-refractivity contribution in [2.75, 3.05) is 14.2 Å². The largest absolute Gasteiger partial charge is 0.496 e. The molecule has 3 rings (SSSR count). The second-order valence-corrected chi connectivity index (χ2v) is 5.42. The fourth-order valence-electron chi connectivity index (χ4n) is 3.27. The summed E-state index contributed by atoms with van der Waals surface area (Å²) in [6.07, 6.45) is 3.39. The standard InChI is InChI=1S/C17H20O2/c1-11-8-9-14-15(10-11)17(19-3)13-7-5-4-6-12(13)16(14)18-2/h4-7,11H,8-10H2,1-3H3. The average molecular weight is 256 g/mol. The molecule has 19 heavy (non-hydrogen) atoms. The molecule has 2 nitrogen and oxygen atoms in total. The highest BCUT2D eigenvalue weighted by molar-refractivity contribution is 5.96. The molecule has 1 unspecified atom stereocenters. The van der Waals surface area contributed by atoms with Gasteiger partial charge in [0, 0.05) is 21.9 Å². The van der Waals surface area contributed by atoms with Crippen molar-refractivity contribution in [3.05, 3.63) is 35.4 Å². The van der Waals surface area contributed by atoms with Crippen LogP contribution in [-0.4, -0.2) is 14.2 Å². The molecule has 0 heterocycles. The number of ether oxygens (including phenoxy) is 2. The van der Waals surface area contributed by atoms with Crippen LogP contribution in [-0.2, 0) is 12.8 Å². The van der Waals surface area contributed by atoms with Crippen molar-refractivity contribution in [2.45, 2.75) is 26.2 Å². The Bertz CT molecular complexity index is 616. The summed E-state index contributed by atoms with van der Waals surface area (Å²) in [7, 11) is 3.54. The second kappa shape index (κ2) is 4.76. The van der Waals surface area contributed by atoms with E-state index in [1.807, 2.05) is 0 Å². The molecule has 2 aromatic carbocycles. The van der Waals surface area contributed by atoms with E-state index in [0.29, 0.717) is 5.92 Å². The van der Waals surface area contributed by atoms with E-state index in [-0.39, 0.29) is 0 Å². The Balaban J connectivity index is 2.38. The smallest absolute Gasteiger partial charge is 0.130 e. The number of fused-ring (bicyclic) bond motifs is 2. The van der Waals surface area contributed by atoms with E-state index < -0.39 is 0 Å². The van der Waals surface area contributed by atoms with Gasteiger partial charge in [-0.25, -0.2) is 0 Å². The van der Waals surface area contributed by atoms with Crippen LogP contribution in [0.4, 0.5) is 0 Å². The van der Waals surface area contributed by atoms with Gasteiger partial charge in [0.15, 0.2) is 0 Å². The Hall–Kier alpha value is -1.70. The lowest BCUT2D eigenvalue weighted by Gasteiger charge is -2.27. The van der Waals surface area contributed by atoms with Crippen LogP contribution in [0.3, 0.4) is 0 Å². The van der Waals surface area contributed by atoms with E-state index in [0.717, 1.165) is 35.1 Å². The molecule has 0 saturated heterocycles. The average Bonchev–Trinajstić information content (AvgIpc) is 2.44. The first kappa shape index (κ1) is 12.3. The van der Waals surface area contributed by atoms with Gasteiger partial charge >= 0.3 is 0 Å². The Morgan fingerprint density at radius 3 is 2.11 bits per heavy atom. The lowest BCUT2D eigenvalue weighted by Crippen LogP contribution is -2.14. The van der Waals surface area contributed by atoms with Crippen molar-refractivity contribution in [3.63, 3.8) is 0 Å². The zero-order valence-electron chi connectivity index (χ0n) is 11.8. The number of benzene rings is 2. The summed E-state index contributed by atoms with van der Waals surface area (Å²) in [6, 6.07) is 8.36. The predicted molar refractivity (Wildman–Crippen MR) is 78.2 cm³/mol. The summed E-state index contributed by atoms with van der Waals surface area (Å²) >= 11 is 0. The van der Waals surface area contributed by atoms with Crippen molar-refractivity contribution in [3.8, 4) is 11.5 Å².